The second-order valence-electron chi connectivity index (χ2n) is 6.19. The molecule has 0 aliphatic heterocycles. The molecule has 0 saturated heterocycles. The molecular weight excluding hydrogens is 372 g/mol. The second kappa shape index (κ2) is 8.04. The molecule has 8 nitrogen and oxygen atoms in total. The van der Waals surface area contributed by atoms with Gasteiger partial charge in [-0.3, -0.25) is 0 Å². The fourth-order valence-corrected chi connectivity index (χ4v) is 3.20. The van der Waals surface area contributed by atoms with E-state index in [-0.39, 0.29) is 0 Å². The predicted octanol–water partition coefficient (Wildman–Crippen LogP) is 3.67. The third-order valence-corrected chi connectivity index (χ3v) is 4.54. The van der Waals surface area contributed by atoms with Crippen LogP contribution in [0.2, 0.25) is 0 Å². The van der Waals surface area contributed by atoms with E-state index in [0.29, 0.717) is 30.5 Å². The molecule has 2 aromatic carbocycles. The molecule has 4 rings (SSSR count). The molecule has 146 valence electrons. The number of hydrogen-bond acceptors (Lipinski definition) is 7. The highest BCUT2D eigenvalue weighted by Gasteiger charge is 2.15. The third kappa shape index (κ3) is 3.51. The third-order valence-electron chi connectivity index (χ3n) is 4.54. The Kier molecular flexibility index (Phi) is 5.14. The highest BCUT2D eigenvalue weighted by molar-refractivity contribution is 6.03. The Bertz CT molecular complexity index is 1210. The monoisotopic (exact) mass is 390 g/mol. The fourth-order valence-electron chi connectivity index (χ4n) is 3.20. The highest BCUT2D eigenvalue weighted by atomic mass is 16.5. The number of ether oxygens (including phenoxy) is 4. The molecule has 0 bridgehead atoms. The van der Waals surface area contributed by atoms with E-state index in [9.17, 15) is 0 Å². The van der Waals surface area contributed by atoms with Crippen molar-refractivity contribution in [1.82, 2.24) is 15.0 Å². The zero-order chi connectivity index (χ0) is 20.2. The smallest absolute Gasteiger partial charge is 0.292 e. The lowest BCUT2D eigenvalue weighted by Gasteiger charge is -2.13. The van der Waals surface area contributed by atoms with Crippen LogP contribution in [-0.2, 0) is 4.74 Å². The van der Waals surface area contributed by atoms with Crippen molar-refractivity contribution in [2.24, 2.45) is 0 Å². The summed E-state index contributed by atoms with van der Waals surface area (Å²) in [6.07, 6.45) is 5.08. The molecular formula is C21H18N4O4. The lowest BCUT2D eigenvalue weighted by Crippen LogP contribution is -2.05. The summed E-state index contributed by atoms with van der Waals surface area (Å²) >= 11 is 0. The van der Waals surface area contributed by atoms with Crippen molar-refractivity contribution in [2.75, 3.05) is 27.4 Å². The lowest BCUT2D eigenvalue weighted by molar-refractivity contribution is 0.144. The minimum Gasteiger partial charge on any atom is -0.493 e. The normalized spacial score (nSPS) is 10.8. The number of nitrogens with zero attached hydrogens (tertiary/aromatic N) is 3. The molecule has 0 aliphatic rings. The van der Waals surface area contributed by atoms with Crippen LogP contribution in [0.25, 0.3) is 33.1 Å². The van der Waals surface area contributed by atoms with Gasteiger partial charge in [0, 0.05) is 47.3 Å². The summed E-state index contributed by atoms with van der Waals surface area (Å²) in [6, 6.07) is 9.12. The number of hydrogen-bond donors (Lipinski definition) is 1. The molecule has 0 radical (unpaired) electrons. The Morgan fingerprint density at radius 2 is 1.93 bits per heavy atom. The molecule has 29 heavy (non-hydrogen) atoms. The number of benzene rings is 2. The first kappa shape index (κ1) is 18.5. The van der Waals surface area contributed by atoms with E-state index in [4.69, 9.17) is 24.2 Å². The van der Waals surface area contributed by atoms with E-state index >= 15 is 0 Å². The maximum absolute atomic E-state index is 8.70. The summed E-state index contributed by atoms with van der Waals surface area (Å²) in [6.45, 7) is 0.884. The Morgan fingerprint density at radius 3 is 2.72 bits per heavy atom. The number of aromatic nitrogens is 3. The van der Waals surface area contributed by atoms with E-state index in [0.717, 1.165) is 33.1 Å². The van der Waals surface area contributed by atoms with Crippen molar-refractivity contribution in [3.63, 3.8) is 0 Å². The van der Waals surface area contributed by atoms with Crippen LogP contribution in [-0.4, -0.2) is 42.4 Å². The molecule has 0 atom stereocenters. The quantitative estimate of drug-likeness (QED) is 0.379. The number of H-pyrrole nitrogens is 1. The SMILES string of the molecule is COCCOc1cc2ncnc(-c3c[nH]c4cc(OC#N)ccc34)c2cc1OC. The maximum atomic E-state index is 8.70. The molecule has 0 fully saturated rings. The molecule has 1 N–H and O–H groups in total. The fraction of sp³-hybridized carbons (Fsp3) is 0.190. The van der Waals surface area contributed by atoms with Gasteiger partial charge in [-0.2, -0.15) is 0 Å². The highest BCUT2D eigenvalue weighted by Crippen LogP contribution is 2.37. The first-order valence-electron chi connectivity index (χ1n) is 8.87. The van der Waals surface area contributed by atoms with Crippen LogP contribution in [0.3, 0.4) is 0 Å². The first-order chi connectivity index (χ1) is 14.2. The summed E-state index contributed by atoms with van der Waals surface area (Å²) < 4.78 is 21.2. The van der Waals surface area contributed by atoms with Crippen molar-refractivity contribution in [3.05, 3.63) is 42.9 Å². The van der Waals surface area contributed by atoms with Crippen molar-refractivity contribution < 1.29 is 18.9 Å². The van der Waals surface area contributed by atoms with Crippen LogP contribution in [0.5, 0.6) is 17.2 Å². The average Bonchev–Trinajstić information content (AvgIpc) is 3.16. The van der Waals surface area contributed by atoms with E-state index in [1.807, 2.05) is 24.4 Å². The van der Waals surface area contributed by atoms with Gasteiger partial charge in [-0.15, -0.1) is 5.26 Å². The van der Waals surface area contributed by atoms with Crippen LogP contribution in [0.1, 0.15) is 0 Å². The Hall–Kier alpha value is -3.83. The van der Waals surface area contributed by atoms with Gasteiger partial charge >= 0.3 is 0 Å². The largest absolute Gasteiger partial charge is 0.493 e. The molecule has 0 aliphatic carbocycles. The number of nitrogens with one attached hydrogen (secondary N) is 1. The number of fused-ring (bicyclic) bond motifs is 2. The van der Waals surface area contributed by atoms with E-state index in [2.05, 4.69) is 15.0 Å². The molecule has 0 unspecified atom stereocenters. The Balaban J connectivity index is 1.82. The summed E-state index contributed by atoms with van der Waals surface area (Å²) in [5, 5.41) is 10.5. The molecule has 0 amide bonds. The van der Waals surface area contributed by atoms with Gasteiger partial charge in [0.05, 0.1) is 24.9 Å². The molecule has 0 saturated carbocycles. The summed E-state index contributed by atoms with van der Waals surface area (Å²) in [4.78, 5) is 12.1. The van der Waals surface area contributed by atoms with Gasteiger partial charge in [0.1, 0.15) is 18.7 Å². The zero-order valence-corrected chi connectivity index (χ0v) is 15.9. The number of rotatable bonds is 7. The standard InChI is InChI=1S/C21H18N4O4/c1-26-5-6-28-20-9-18-15(8-19(20)27-2)21(25-12-24-18)16-10-23-17-7-13(29-11-22)3-4-14(16)17/h3-4,7-10,12,23H,5-6H2,1-2H3. The van der Waals surface area contributed by atoms with E-state index < -0.39 is 0 Å². The van der Waals surface area contributed by atoms with Crippen molar-refractivity contribution >= 4 is 21.8 Å². The van der Waals surface area contributed by atoms with Gasteiger partial charge in [-0.25, -0.2) is 9.97 Å². The van der Waals surface area contributed by atoms with Crippen molar-refractivity contribution in [2.45, 2.75) is 0 Å². The molecule has 8 heteroatoms. The number of methoxy groups -OCH3 is 2. The van der Waals surface area contributed by atoms with E-state index in [1.54, 1.807) is 32.6 Å². The van der Waals surface area contributed by atoms with Gasteiger partial charge in [-0.1, -0.05) is 0 Å². The van der Waals surface area contributed by atoms with Gasteiger partial charge in [0.25, 0.3) is 6.26 Å². The number of nitriles is 1. The minimum atomic E-state index is 0.409. The Morgan fingerprint density at radius 1 is 1.03 bits per heavy atom. The lowest BCUT2D eigenvalue weighted by atomic mass is 10.0. The van der Waals surface area contributed by atoms with Crippen molar-refractivity contribution in [3.8, 4) is 34.8 Å². The Labute approximate surface area is 166 Å². The molecule has 2 heterocycles. The topological polar surface area (TPSA) is 102 Å². The van der Waals surface area contributed by atoms with Crippen LogP contribution < -0.4 is 14.2 Å². The predicted molar refractivity (Wildman–Crippen MR) is 107 cm³/mol. The second-order valence-corrected chi connectivity index (χ2v) is 6.19. The van der Waals surface area contributed by atoms with Gasteiger partial charge in [0.2, 0.25) is 0 Å². The average molecular weight is 390 g/mol. The minimum absolute atomic E-state index is 0.409. The maximum Gasteiger partial charge on any atom is 0.292 e. The molecule has 2 aromatic heterocycles. The number of aromatic amines is 1. The van der Waals surface area contributed by atoms with Gasteiger partial charge in [0.15, 0.2) is 11.5 Å². The van der Waals surface area contributed by atoms with Crippen LogP contribution in [0, 0.1) is 11.5 Å². The van der Waals surface area contributed by atoms with Gasteiger partial charge < -0.3 is 23.9 Å². The summed E-state index contributed by atoms with van der Waals surface area (Å²) in [5.41, 5.74) is 3.25. The van der Waals surface area contributed by atoms with Gasteiger partial charge in [-0.05, 0) is 18.2 Å². The zero-order valence-electron chi connectivity index (χ0n) is 15.9. The van der Waals surface area contributed by atoms with Crippen LogP contribution in [0.15, 0.2) is 42.9 Å². The van der Waals surface area contributed by atoms with Crippen LogP contribution >= 0.6 is 0 Å². The first-order valence-corrected chi connectivity index (χ1v) is 8.87. The van der Waals surface area contributed by atoms with E-state index in [1.165, 1.54) is 6.33 Å². The van der Waals surface area contributed by atoms with Crippen LogP contribution in [0.4, 0.5) is 0 Å². The van der Waals surface area contributed by atoms with Crippen molar-refractivity contribution in [1.29, 1.82) is 5.26 Å². The molecule has 0 spiro atoms. The summed E-state index contributed by atoms with van der Waals surface area (Å²) in [5.74, 6) is 1.66. The molecule has 4 aromatic rings. The summed E-state index contributed by atoms with van der Waals surface area (Å²) in [7, 11) is 3.22.